The minimum atomic E-state index is -0.226. The van der Waals surface area contributed by atoms with Gasteiger partial charge in [0, 0.05) is 27.9 Å². The van der Waals surface area contributed by atoms with Crippen molar-refractivity contribution in [2.75, 3.05) is 11.1 Å². The quantitative estimate of drug-likeness (QED) is 0.465. The zero-order chi connectivity index (χ0) is 19.9. The SMILES string of the molecule is CCCCSc1nc2n(n1)[C@H](c1ccc(Br)cc1)C1=C(CC(C)(C)CC1=O)N2. The van der Waals surface area contributed by atoms with Gasteiger partial charge in [-0.15, -0.1) is 5.10 Å². The number of ketones is 1. The molecule has 1 aliphatic carbocycles. The number of hydrogen-bond acceptors (Lipinski definition) is 5. The Morgan fingerprint density at radius 2 is 2.04 bits per heavy atom. The number of unbranched alkanes of at least 4 members (excludes halogenated alkanes) is 1. The first-order valence-corrected chi connectivity index (χ1v) is 11.5. The first-order valence-electron chi connectivity index (χ1n) is 9.76. The molecule has 0 fully saturated rings. The molecular formula is C21H25BrN4OS. The molecule has 2 heterocycles. The highest BCUT2D eigenvalue weighted by atomic mass is 79.9. The highest BCUT2D eigenvalue weighted by Crippen LogP contribution is 2.45. The summed E-state index contributed by atoms with van der Waals surface area (Å²) in [5.74, 6) is 1.94. The number of anilines is 1. The van der Waals surface area contributed by atoms with Crippen LogP contribution in [0.15, 0.2) is 45.2 Å². The van der Waals surface area contributed by atoms with Gasteiger partial charge in [0.2, 0.25) is 11.1 Å². The summed E-state index contributed by atoms with van der Waals surface area (Å²) in [5.41, 5.74) is 2.85. The lowest BCUT2D eigenvalue weighted by Gasteiger charge is -2.38. The van der Waals surface area contributed by atoms with E-state index >= 15 is 0 Å². The van der Waals surface area contributed by atoms with E-state index in [0.29, 0.717) is 6.42 Å². The fourth-order valence-corrected chi connectivity index (χ4v) is 5.09. The van der Waals surface area contributed by atoms with Crippen molar-refractivity contribution in [2.45, 2.75) is 57.7 Å². The molecule has 0 saturated heterocycles. The Balaban J connectivity index is 1.78. The Morgan fingerprint density at radius 3 is 2.75 bits per heavy atom. The maximum atomic E-state index is 13.1. The van der Waals surface area contributed by atoms with Gasteiger partial charge in [0.15, 0.2) is 5.78 Å². The van der Waals surface area contributed by atoms with Crippen LogP contribution in [0, 0.1) is 5.41 Å². The lowest BCUT2D eigenvalue weighted by atomic mass is 9.73. The van der Waals surface area contributed by atoms with E-state index in [2.05, 4.69) is 54.2 Å². The fraction of sp³-hybridized carbons (Fsp3) is 0.476. The van der Waals surface area contributed by atoms with Crippen LogP contribution in [0.25, 0.3) is 0 Å². The summed E-state index contributed by atoms with van der Waals surface area (Å²) in [5, 5.41) is 8.97. The number of nitrogens with one attached hydrogen (secondary N) is 1. The van der Waals surface area contributed by atoms with Crippen LogP contribution in [0.4, 0.5) is 5.95 Å². The van der Waals surface area contributed by atoms with Gasteiger partial charge in [0.1, 0.15) is 6.04 Å². The summed E-state index contributed by atoms with van der Waals surface area (Å²) in [4.78, 5) is 17.9. The Kier molecular flexibility index (Phi) is 5.40. The van der Waals surface area contributed by atoms with Gasteiger partial charge in [0.05, 0.1) is 0 Å². The van der Waals surface area contributed by atoms with Crippen molar-refractivity contribution >= 4 is 39.4 Å². The molecule has 28 heavy (non-hydrogen) atoms. The lowest BCUT2D eigenvalue weighted by molar-refractivity contribution is -0.118. The van der Waals surface area contributed by atoms with Crippen molar-refractivity contribution in [3.63, 3.8) is 0 Å². The predicted octanol–water partition coefficient (Wildman–Crippen LogP) is 5.59. The largest absolute Gasteiger partial charge is 0.328 e. The van der Waals surface area contributed by atoms with Crippen LogP contribution in [0.1, 0.15) is 58.1 Å². The van der Waals surface area contributed by atoms with Crippen LogP contribution >= 0.6 is 27.7 Å². The van der Waals surface area contributed by atoms with E-state index < -0.39 is 0 Å². The molecule has 4 rings (SSSR count). The van der Waals surface area contributed by atoms with Gasteiger partial charge in [-0.25, -0.2) is 4.68 Å². The summed E-state index contributed by atoms with van der Waals surface area (Å²) in [6.45, 7) is 6.48. The van der Waals surface area contributed by atoms with E-state index in [1.165, 1.54) is 0 Å². The van der Waals surface area contributed by atoms with Crippen molar-refractivity contribution in [3.8, 4) is 0 Å². The van der Waals surface area contributed by atoms with E-state index in [4.69, 9.17) is 10.1 Å². The zero-order valence-corrected chi connectivity index (χ0v) is 18.9. The van der Waals surface area contributed by atoms with Gasteiger partial charge in [-0.05, 0) is 36.0 Å². The number of benzene rings is 1. The van der Waals surface area contributed by atoms with Crippen molar-refractivity contribution in [1.29, 1.82) is 0 Å². The fourth-order valence-electron chi connectivity index (χ4n) is 3.91. The molecule has 0 unspecified atom stereocenters. The van der Waals surface area contributed by atoms with Crippen molar-refractivity contribution in [1.82, 2.24) is 14.8 Å². The zero-order valence-electron chi connectivity index (χ0n) is 16.5. The van der Waals surface area contributed by atoms with Gasteiger partial charge < -0.3 is 5.32 Å². The molecule has 2 aromatic rings. The van der Waals surface area contributed by atoms with Crippen LogP contribution in [0.3, 0.4) is 0 Å². The van der Waals surface area contributed by atoms with Crippen LogP contribution < -0.4 is 5.32 Å². The molecule has 0 saturated carbocycles. The number of fused-ring (bicyclic) bond motifs is 1. The number of hydrogen-bond donors (Lipinski definition) is 1. The van der Waals surface area contributed by atoms with Crippen molar-refractivity contribution in [3.05, 3.63) is 45.6 Å². The molecule has 1 N–H and O–H groups in total. The van der Waals surface area contributed by atoms with Gasteiger partial charge in [0.25, 0.3) is 0 Å². The highest BCUT2D eigenvalue weighted by Gasteiger charge is 2.41. The van der Waals surface area contributed by atoms with E-state index in [0.717, 1.165) is 57.4 Å². The number of carbonyl (C=O) groups excluding carboxylic acids is 1. The highest BCUT2D eigenvalue weighted by molar-refractivity contribution is 9.10. The van der Waals surface area contributed by atoms with E-state index in [1.54, 1.807) is 11.8 Å². The van der Waals surface area contributed by atoms with Crippen LogP contribution in [0.5, 0.6) is 0 Å². The number of rotatable bonds is 5. The Bertz CT molecular complexity index is 932. The molecule has 0 amide bonds. The number of thioether (sulfide) groups is 1. The molecule has 1 aliphatic heterocycles. The summed E-state index contributed by atoms with van der Waals surface area (Å²) in [6, 6.07) is 7.93. The molecule has 0 radical (unpaired) electrons. The minimum absolute atomic E-state index is 0.0475. The summed E-state index contributed by atoms with van der Waals surface area (Å²) < 4.78 is 2.91. The Hall–Kier alpha value is -1.60. The van der Waals surface area contributed by atoms with Gasteiger partial charge in [-0.2, -0.15) is 4.98 Å². The minimum Gasteiger partial charge on any atom is -0.328 e. The molecule has 5 nitrogen and oxygen atoms in total. The van der Waals surface area contributed by atoms with Crippen LogP contribution in [-0.2, 0) is 4.79 Å². The van der Waals surface area contributed by atoms with Crippen molar-refractivity contribution < 1.29 is 4.79 Å². The third kappa shape index (κ3) is 3.79. The molecule has 0 bridgehead atoms. The molecule has 1 aromatic carbocycles. The summed E-state index contributed by atoms with van der Waals surface area (Å²) in [7, 11) is 0. The second-order valence-corrected chi connectivity index (χ2v) is 10.3. The standard InChI is InChI=1S/C21H25BrN4OS/c1-4-5-10-28-20-24-19-23-15-11-21(2,3)12-16(27)17(15)18(26(19)25-20)13-6-8-14(22)9-7-13/h6-9,18H,4-5,10-12H2,1-3H3,(H,23,24,25)/t18-/m1/s1. The molecule has 1 atom stereocenters. The van der Waals surface area contributed by atoms with E-state index in [-0.39, 0.29) is 17.2 Å². The van der Waals surface area contributed by atoms with Crippen LogP contribution in [-0.4, -0.2) is 26.3 Å². The molecule has 1 aromatic heterocycles. The summed E-state index contributed by atoms with van der Waals surface area (Å²) >= 11 is 5.18. The number of carbonyl (C=O) groups is 1. The molecule has 0 spiro atoms. The van der Waals surface area contributed by atoms with Crippen molar-refractivity contribution in [2.24, 2.45) is 5.41 Å². The second-order valence-electron chi connectivity index (χ2n) is 8.28. The normalized spacial score (nSPS) is 20.6. The smallest absolute Gasteiger partial charge is 0.227 e. The first-order chi connectivity index (χ1) is 13.4. The maximum Gasteiger partial charge on any atom is 0.227 e. The number of nitrogens with zero attached hydrogens (tertiary/aromatic N) is 3. The maximum absolute atomic E-state index is 13.1. The van der Waals surface area contributed by atoms with Gasteiger partial charge in [-0.3, -0.25) is 4.79 Å². The average Bonchev–Trinajstić information content (AvgIpc) is 3.02. The number of Topliss-reactive ketones (excluding diaryl/α,β-unsaturated/α-hetero) is 1. The number of allylic oxidation sites excluding steroid dienone is 2. The molecule has 7 heteroatoms. The third-order valence-corrected chi connectivity index (χ3v) is 6.68. The first kappa shape index (κ1) is 19.7. The van der Waals surface area contributed by atoms with E-state index in [1.807, 2.05) is 16.8 Å². The number of aromatic nitrogens is 3. The van der Waals surface area contributed by atoms with Gasteiger partial charge >= 0.3 is 0 Å². The Labute approximate surface area is 178 Å². The molecule has 2 aliphatic rings. The molecular weight excluding hydrogens is 436 g/mol. The lowest BCUT2D eigenvalue weighted by Crippen LogP contribution is -2.36. The van der Waals surface area contributed by atoms with E-state index in [9.17, 15) is 4.79 Å². The Morgan fingerprint density at radius 1 is 1.29 bits per heavy atom. The summed E-state index contributed by atoms with van der Waals surface area (Å²) in [6.07, 6.45) is 3.69. The third-order valence-electron chi connectivity index (χ3n) is 5.23. The number of halogens is 1. The van der Waals surface area contributed by atoms with Crippen LogP contribution in [0.2, 0.25) is 0 Å². The monoisotopic (exact) mass is 460 g/mol. The second kappa shape index (κ2) is 7.67. The molecule has 148 valence electrons. The average molecular weight is 461 g/mol. The van der Waals surface area contributed by atoms with Gasteiger partial charge in [-0.1, -0.05) is 67.0 Å². The predicted molar refractivity (Wildman–Crippen MR) is 117 cm³/mol. The topological polar surface area (TPSA) is 59.8 Å².